The van der Waals surface area contributed by atoms with Gasteiger partial charge in [-0.1, -0.05) is 29.5 Å². The maximum atomic E-state index is 13.3. The molecule has 0 bridgehead atoms. The SMILES string of the molecule is O=C(Nc1ncc(-c2nccc3c(C(=O)C(=O)N4CCN(C(=O)c5ccccc5)CC4)c[nH]c23)s1)c1ccncc1. The van der Waals surface area contributed by atoms with Crippen LogP contribution in [-0.2, 0) is 4.79 Å². The zero-order chi connectivity index (χ0) is 28.3. The lowest BCUT2D eigenvalue weighted by molar-refractivity contribution is -0.127. The number of anilines is 1. The predicted molar refractivity (Wildman–Crippen MR) is 153 cm³/mol. The van der Waals surface area contributed by atoms with E-state index < -0.39 is 11.7 Å². The molecule has 2 N–H and O–H groups in total. The van der Waals surface area contributed by atoms with E-state index in [9.17, 15) is 19.2 Å². The van der Waals surface area contributed by atoms with Crippen molar-refractivity contribution in [2.24, 2.45) is 0 Å². The van der Waals surface area contributed by atoms with Crippen molar-refractivity contribution in [1.29, 1.82) is 0 Å². The van der Waals surface area contributed by atoms with E-state index in [0.29, 0.717) is 50.8 Å². The number of ketones is 1. The summed E-state index contributed by atoms with van der Waals surface area (Å²) in [7, 11) is 0. The zero-order valence-corrected chi connectivity index (χ0v) is 22.4. The fourth-order valence-electron chi connectivity index (χ4n) is 4.68. The number of hydrogen-bond donors (Lipinski definition) is 2. The number of piperazine rings is 1. The molecule has 0 saturated carbocycles. The minimum absolute atomic E-state index is 0.0937. The van der Waals surface area contributed by atoms with Gasteiger partial charge in [0.25, 0.3) is 23.5 Å². The summed E-state index contributed by atoms with van der Waals surface area (Å²) in [5, 5.41) is 3.71. The second-order valence-electron chi connectivity index (χ2n) is 9.28. The molecule has 5 heterocycles. The van der Waals surface area contributed by atoms with Crippen molar-refractivity contribution < 1.29 is 19.2 Å². The van der Waals surface area contributed by atoms with Crippen LogP contribution < -0.4 is 5.32 Å². The van der Waals surface area contributed by atoms with Crippen molar-refractivity contribution in [2.45, 2.75) is 0 Å². The molecular formula is C29H23N7O4S. The largest absolute Gasteiger partial charge is 0.359 e. The van der Waals surface area contributed by atoms with Crippen LogP contribution in [0.15, 0.2) is 79.5 Å². The number of hydrogen-bond acceptors (Lipinski definition) is 8. The molecule has 204 valence electrons. The number of Topliss-reactive ketones (excluding diaryl/α,β-unsaturated/α-hetero) is 1. The van der Waals surface area contributed by atoms with E-state index in [1.807, 2.05) is 18.2 Å². The molecule has 1 aromatic carbocycles. The van der Waals surface area contributed by atoms with Gasteiger partial charge in [-0.3, -0.25) is 34.5 Å². The molecule has 1 saturated heterocycles. The molecule has 0 radical (unpaired) electrons. The fourth-order valence-corrected chi connectivity index (χ4v) is 5.49. The van der Waals surface area contributed by atoms with E-state index in [0.717, 1.165) is 0 Å². The number of aromatic amines is 1. The Morgan fingerprint density at radius 2 is 1.56 bits per heavy atom. The van der Waals surface area contributed by atoms with Gasteiger partial charge < -0.3 is 14.8 Å². The molecule has 4 aromatic heterocycles. The number of pyridine rings is 2. The number of benzene rings is 1. The van der Waals surface area contributed by atoms with Crippen molar-refractivity contribution in [3.63, 3.8) is 0 Å². The molecule has 1 fully saturated rings. The van der Waals surface area contributed by atoms with E-state index in [1.54, 1.807) is 47.6 Å². The molecule has 41 heavy (non-hydrogen) atoms. The third-order valence-electron chi connectivity index (χ3n) is 6.82. The molecule has 0 spiro atoms. The van der Waals surface area contributed by atoms with Crippen molar-refractivity contribution in [2.75, 3.05) is 31.5 Å². The Balaban J connectivity index is 1.15. The highest BCUT2D eigenvalue weighted by atomic mass is 32.1. The first kappa shape index (κ1) is 26.0. The Morgan fingerprint density at radius 1 is 0.829 bits per heavy atom. The molecule has 3 amide bonds. The minimum atomic E-state index is -0.633. The van der Waals surface area contributed by atoms with E-state index in [2.05, 4.69) is 25.3 Å². The van der Waals surface area contributed by atoms with Crippen molar-refractivity contribution in [3.05, 3.63) is 96.2 Å². The molecule has 1 aliphatic rings. The molecular weight excluding hydrogens is 542 g/mol. The van der Waals surface area contributed by atoms with Crippen molar-refractivity contribution in [3.8, 4) is 10.6 Å². The summed E-state index contributed by atoms with van der Waals surface area (Å²) in [6.07, 6.45) is 7.75. The van der Waals surface area contributed by atoms with Gasteiger partial charge in [-0.15, -0.1) is 0 Å². The van der Waals surface area contributed by atoms with Crippen LogP contribution >= 0.6 is 11.3 Å². The smallest absolute Gasteiger partial charge is 0.295 e. The van der Waals surface area contributed by atoms with Gasteiger partial charge in [-0.05, 0) is 30.3 Å². The maximum Gasteiger partial charge on any atom is 0.295 e. The number of carbonyl (C=O) groups excluding carboxylic acids is 4. The average Bonchev–Trinajstić information content (AvgIpc) is 3.68. The highest BCUT2D eigenvalue weighted by Crippen LogP contribution is 2.33. The van der Waals surface area contributed by atoms with Gasteiger partial charge in [0, 0.05) is 73.7 Å². The fraction of sp³-hybridized carbons (Fsp3) is 0.138. The topological polar surface area (TPSA) is 141 Å². The summed E-state index contributed by atoms with van der Waals surface area (Å²) in [5.74, 6) is -1.65. The number of fused-ring (bicyclic) bond motifs is 1. The number of amides is 3. The standard InChI is InChI=1S/C29H23N7O4S/c37-25(28(40)36-14-12-35(13-15-36)27(39)19-4-2-1-3-5-19)21-16-32-23-20(21)8-11-31-24(23)22-17-33-29(41-22)34-26(38)18-6-9-30-10-7-18/h1-11,16-17,32H,12-15H2,(H,33,34,38). The van der Waals surface area contributed by atoms with Crippen LogP contribution in [0.3, 0.4) is 0 Å². The number of nitrogens with one attached hydrogen (secondary N) is 2. The van der Waals surface area contributed by atoms with Crippen LogP contribution in [0.2, 0.25) is 0 Å². The monoisotopic (exact) mass is 565 g/mol. The average molecular weight is 566 g/mol. The van der Waals surface area contributed by atoms with Gasteiger partial charge in [-0.25, -0.2) is 4.98 Å². The van der Waals surface area contributed by atoms with E-state index in [1.165, 1.54) is 34.8 Å². The number of rotatable bonds is 6. The molecule has 12 heteroatoms. The lowest BCUT2D eigenvalue weighted by Gasteiger charge is -2.34. The summed E-state index contributed by atoms with van der Waals surface area (Å²) in [5.41, 5.74) is 2.42. The van der Waals surface area contributed by atoms with E-state index >= 15 is 0 Å². The molecule has 0 aliphatic carbocycles. The molecule has 11 nitrogen and oxygen atoms in total. The summed E-state index contributed by atoms with van der Waals surface area (Å²) < 4.78 is 0. The van der Waals surface area contributed by atoms with Gasteiger partial charge in [-0.2, -0.15) is 0 Å². The highest BCUT2D eigenvalue weighted by Gasteiger charge is 2.30. The van der Waals surface area contributed by atoms with Gasteiger partial charge in [0.15, 0.2) is 5.13 Å². The Kier molecular flexibility index (Phi) is 7.04. The molecule has 5 aromatic rings. The normalized spacial score (nSPS) is 13.3. The Hall–Kier alpha value is -5.23. The maximum absolute atomic E-state index is 13.3. The van der Waals surface area contributed by atoms with Crippen LogP contribution in [0, 0.1) is 0 Å². The quantitative estimate of drug-likeness (QED) is 0.237. The lowest BCUT2D eigenvalue weighted by atomic mass is 10.1. The van der Waals surface area contributed by atoms with Gasteiger partial charge >= 0.3 is 0 Å². The minimum Gasteiger partial charge on any atom is -0.359 e. The van der Waals surface area contributed by atoms with E-state index in [4.69, 9.17) is 0 Å². The first-order valence-electron chi connectivity index (χ1n) is 12.8. The number of carbonyl (C=O) groups is 4. The van der Waals surface area contributed by atoms with Crippen LogP contribution in [0.25, 0.3) is 21.5 Å². The molecule has 1 aliphatic heterocycles. The Labute approximate surface area is 237 Å². The summed E-state index contributed by atoms with van der Waals surface area (Å²) >= 11 is 1.24. The summed E-state index contributed by atoms with van der Waals surface area (Å²) in [6, 6.07) is 13.9. The van der Waals surface area contributed by atoms with Crippen LogP contribution in [0.5, 0.6) is 0 Å². The first-order valence-corrected chi connectivity index (χ1v) is 13.6. The third-order valence-corrected chi connectivity index (χ3v) is 7.74. The van der Waals surface area contributed by atoms with Crippen LogP contribution in [0.4, 0.5) is 5.13 Å². The van der Waals surface area contributed by atoms with E-state index in [-0.39, 0.29) is 30.5 Å². The Bertz CT molecular complexity index is 1760. The molecule has 6 rings (SSSR count). The van der Waals surface area contributed by atoms with Gasteiger partial charge in [0.2, 0.25) is 0 Å². The zero-order valence-electron chi connectivity index (χ0n) is 21.6. The second kappa shape index (κ2) is 11.1. The van der Waals surface area contributed by atoms with Crippen LogP contribution in [-0.4, -0.2) is 79.4 Å². The van der Waals surface area contributed by atoms with Gasteiger partial charge in [0.05, 0.1) is 16.0 Å². The molecule has 0 unspecified atom stereocenters. The van der Waals surface area contributed by atoms with Crippen molar-refractivity contribution >= 4 is 50.9 Å². The summed E-state index contributed by atoms with van der Waals surface area (Å²) in [6.45, 7) is 1.24. The number of thiazole rings is 1. The first-order chi connectivity index (χ1) is 20.0. The van der Waals surface area contributed by atoms with Gasteiger partial charge in [0.1, 0.15) is 5.69 Å². The molecule has 0 atom stereocenters. The Morgan fingerprint density at radius 3 is 2.32 bits per heavy atom. The number of aromatic nitrogens is 4. The number of nitrogens with zero attached hydrogens (tertiary/aromatic N) is 5. The third kappa shape index (κ3) is 5.20. The predicted octanol–water partition coefficient (Wildman–Crippen LogP) is 3.50. The van der Waals surface area contributed by atoms with Crippen LogP contribution in [0.1, 0.15) is 31.1 Å². The van der Waals surface area contributed by atoms with Crippen molar-refractivity contribution in [1.82, 2.24) is 29.7 Å². The number of H-pyrrole nitrogens is 1. The highest BCUT2D eigenvalue weighted by molar-refractivity contribution is 7.19. The summed E-state index contributed by atoms with van der Waals surface area (Å²) in [4.78, 5) is 71.3. The lowest BCUT2D eigenvalue weighted by Crippen LogP contribution is -2.52. The second-order valence-corrected chi connectivity index (χ2v) is 10.3.